The molecule has 0 spiro atoms. The number of halogens is 1. The van der Waals surface area contributed by atoms with E-state index in [-0.39, 0.29) is 11.3 Å². The lowest BCUT2D eigenvalue weighted by Crippen LogP contribution is -2.09. The third-order valence-corrected chi connectivity index (χ3v) is 4.79. The zero-order chi connectivity index (χ0) is 11.2. The third-order valence-electron chi connectivity index (χ3n) is 2.05. The van der Waals surface area contributed by atoms with Crippen LogP contribution in [0.5, 0.6) is 5.75 Å². The van der Waals surface area contributed by atoms with Crippen molar-refractivity contribution in [3.05, 3.63) is 24.4 Å². The molecular formula is C9H5IN2O2S. The Morgan fingerprint density at radius 2 is 2.27 bits per heavy atom. The van der Waals surface area contributed by atoms with E-state index >= 15 is 0 Å². The van der Waals surface area contributed by atoms with Crippen LogP contribution in [0.4, 0.5) is 0 Å². The van der Waals surface area contributed by atoms with Crippen LogP contribution in [-0.4, -0.2) is 10.1 Å². The molecule has 0 amide bonds. The largest absolute Gasteiger partial charge is 0.506 e. The van der Waals surface area contributed by atoms with Gasteiger partial charge in [-0.05, 0) is 29.5 Å². The maximum absolute atomic E-state index is 11.4. The van der Waals surface area contributed by atoms with Gasteiger partial charge in [0.05, 0.1) is 5.39 Å². The monoisotopic (exact) mass is 332 g/mol. The average Bonchev–Trinajstić information content (AvgIpc) is 2.43. The fourth-order valence-electron chi connectivity index (χ4n) is 1.33. The van der Waals surface area contributed by atoms with Crippen LogP contribution in [-0.2, 0) is 0 Å². The fraction of sp³-hybridized carbons (Fsp3) is 0.111. The van der Waals surface area contributed by atoms with Gasteiger partial charge >= 0.3 is 0 Å². The van der Waals surface area contributed by atoms with Gasteiger partial charge in [0.15, 0.2) is 5.56 Å². The third kappa shape index (κ3) is 1.42. The lowest BCUT2D eigenvalue weighted by molar-refractivity contribution is 0.478. The number of nitriles is 1. The zero-order valence-electron chi connectivity index (χ0n) is 7.59. The molecule has 76 valence electrons. The predicted octanol–water partition coefficient (Wildman–Crippen LogP) is 2.08. The Hall–Kier alpha value is -1.07. The number of fused-ring (bicyclic) bond motifs is 1. The van der Waals surface area contributed by atoms with Crippen molar-refractivity contribution in [3.8, 4) is 11.8 Å². The Kier molecular flexibility index (Phi) is 2.44. The number of H-pyrrole nitrogens is 1. The molecule has 2 rings (SSSR count). The van der Waals surface area contributed by atoms with Gasteiger partial charge in [-0.1, -0.05) is 0 Å². The van der Waals surface area contributed by atoms with Gasteiger partial charge in [0.2, 0.25) is 0 Å². The van der Waals surface area contributed by atoms with E-state index in [1.807, 2.05) is 6.92 Å². The molecule has 0 unspecified atom stereocenters. The van der Waals surface area contributed by atoms with Crippen molar-refractivity contribution in [3.63, 3.8) is 0 Å². The normalized spacial score (nSPS) is 10.5. The van der Waals surface area contributed by atoms with Crippen molar-refractivity contribution >= 4 is 44.1 Å². The highest BCUT2D eigenvalue weighted by Gasteiger charge is 2.17. The Morgan fingerprint density at radius 3 is 2.87 bits per heavy atom. The molecule has 15 heavy (non-hydrogen) atoms. The van der Waals surface area contributed by atoms with Gasteiger partial charge in [-0.25, -0.2) is 0 Å². The molecule has 0 aliphatic heterocycles. The summed E-state index contributed by atoms with van der Waals surface area (Å²) in [6, 6.07) is 1.70. The summed E-state index contributed by atoms with van der Waals surface area (Å²) in [4.78, 5) is 15.6. The van der Waals surface area contributed by atoms with E-state index in [2.05, 4.69) is 27.6 Å². The van der Waals surface area contributed by atoms with Crippen LogP contribution in [0.3, 0.4) is 0 Å². The van der Waals surface area contributed by atoms with Crippen molar-refractivity contribution in [1.82, 2.24) is 4.98 Å². The first-order chi connectivity index (χ1) is 7.06. The van der Waals surface area contributed by atoms with Gasteiger partial charge in [0.1, 0.15) is 16.6 Å². The summed E-state index contributed by atoms with van der Waals surface area (Å²) >= 11 is 3.48. The summed E-state index contributed by atoms with van der Waals surface area (Å²) in [5.74, 6) is -0.218. The maximum atomic E-state index is 11.4. The van der Waals surface area contributed by atoms with E-state index in [9.17, 15) is 9.90 Å². The van der Waals surface area contributed by atoms with Crippen LogP contribution in [0, 0.1) is 21.8 Å². The number of nitrogens with zero attached hydrogens (tertiary/aromatic N) is 1. The zero-order valence-corrected chi connectivity index (χ0v) is 10.6. The molecule has 2 N–H and O–H groups in total. The quantitative estimate of drug-likeness (QED) is 0.725. The standard InChI is InChI=1S/C9H5IN2O2S/c1-3-6(10)5-7(13)4(2-11)8(14)12-9(5)15-3/h1H3,(H2,12,13,14). The highest BCUT2D eigenvalue weighted by Crippen LogP contribution is 2.36. The number of aromatic amines is 1. The Bertz CT molecular complexity index is 651. The first-order valence-corrected chi connectivity index (χ1v) is 5.89. The molecule has 2 aromatic heterocycles. The molecule has 2 heterocycles. The predicted molar refractivity (Wildman–Crippen MR) is 66.3 cm³/mol. The van der Waals surface area contributed by atoms with Crippen molar-refractivity contribution in [2.24, 2.45) is 0 Å². The van der Waals surface area contributed by atoms with Gasteiger partial charge < -0.3 is 10.1 Å². The molecule has 0 fully saturated rings. The molecule has 0 radical (unpaired) electrons. The topological polar surface area (TPSA) is 76.9 Å². The van der Waals surface area contributed by atoms with Gasteiger partial charge in [-0.2, -0.15) is 5.26 Å². The summed E-state index contributed by atoms with van der Waals surface area (Å²) < 4.78 is 0.873. The number of aromatic hydroxyl groups is 1. The van der Waals surface area contributed by atoms with Crippen molar-refractivity contribution in [1.29, 1.82) is 5.26 Å². The summed E-state index contributed by atoms with van der Waals surface area (Å²) in [6.45, 7) is 1.90. The molecule has 0 saturated heterocycles. The lowest BCUT2D eigenvalue weighted by Gasteiger charge is -1.97. The van der Waals surface area contributed by atoms with Gasteiger partial charge in [-0.15, -0.1) is 11.3 Å². The van der Waals surface area contributed by atoms with Crippen LogP contribution in [0.15, 0.2) is 4.79 Å². The molecular weight excluding hydrogens is 327 g/mol. The van der Waals surface area contributed by atoms with Gasteiger partial charge in [0.25, 0.3) is 5.56 Å². The summed E-state index contributed by atoms with van der Waals surface area (Å²) in [5, 5.41) is 19.1. The molecule has 6 heteroatoms. The van der Waals surface area contributed by atoms with Crippen molar-refractivity contribution < 1.29 is 5.11 Å². The summed E-state index contributed by atoms with van der Waals surface area (Å²) in [6.07, 6.45) is 0. The van der Waals surface area contributed by atoms with Gasteiger partial charge in [0, 0.05) is 8.45 Å². The Morgan fingerprint density at radius 1 is 1.60 bits per heavy atom. The van der Waals surface area contributed by atoms with Crippen LogP contribution in [0.1, 0.15) is 10.4 Å². The average molecular weight is 332 g/mol. The van der Waals surface area contributed by atoms with Gasteiger partial charge in [-0.3, -0.25) is 4.79 Å². The molecule has 0 aliphatic rings. The fourth-order valence-corrected chi connectivity index (χ4v) is 3.31. The van der Waals surface area contributed by atoms with E-state index < -0.39 is 5.56 Å². The number of nitrogens with one attached hydrogen (secondary N) is 1. The minimum atomic E-state index is -0.542. The smallest absolute Gasteiger partial charge is 0.270 e. The van der Waals surface area contributed by atoms with E-state index in [1.165, 1.54) is 11.3 Å². The summed E-state index contributed by atoms with van der Waals surface area (Å²) in [7, 11) is 0. The molecule has 0 saturated carbocycles. The first kappa shape index (κ1) is 10.4. The van der Waals surface area contributed by atoms with Crippen LogP contribution in [0.2, 0.25) is 0 Å². The lowest BCUT2D eigenvalue weighted by atomic mass is 10.2. The maximum Gasteiger partial charge on any atom is 0.270 e. The number of thiophene rings is 1. The van der Waals surface area contributed by atoms with E-state index in [1.54, 1.807) is 6.07 Å². The van der Waals surface area contributed by atoms with Crippen LogP contribution >= 0.6 is 33.9 Å². The van der Waals surface area contributed by atoms with Crippen LogP contribution < -0.4 is 5.56 Å². The van der Waals surface area contributed by atoms with Crippen molar-refractivity contribution in [2.75, 3.05) is 0 Å². The molecule has 0 bridgehead atoms. The second-order valence-electron chi connectivity index (χ2n) is 2.97. The number of aryl methyl sites for hydroxylation is 1. The van der Waals surface area contributed by atoms with E-state index in [0.29, 0.717) is 10.2 Å². The molecule has 4 nitrogen and oxygen atoms in total. The molecule has 0 aliphatic carbocycles. The number of rotatable bonds is 0. The second-order valence-corrected chi connectivity index (χ2v) is 5.27. The highest BCUT2D eigenvalue weighted by atomic mass is 127. The number of hydrogen-bond donors (Lipinski definition) is 2. The van der Waals surface area contributed by atoms with E-state index in [0.717, 1.165) is 8.45 Å². The number of pyridine rings is 1. The first-order valence-electron chi connectivity index (χ1n) is 4.00. The minimum absolute atomic E-state index is 0.218. The minimum Gasteiger partial charge on any atom is -0.506 e. The summed E-state index contributed by atoms with van der Waals surface area (Å²) in [5.41, 5.74) is -0.765. The highest BCUT2D eigenvalue weighted by molar-refractivity contribution is 14.1. The van der Waals surface area contributed by atoms with E-state index in [4.69, 9.17) is 5.26 Å². The number of aromatic nitrogens is 1. The molecule has 0 aromatic carbocycles. The van der Waals surface area contributed by atoms with Crippen molar-refractivity contribution in [2.45, 2.75) is 6.92 Å². The second kappa shape index (κ2) is 3.50. The van der Waals surface area contributed by atoms with Crippen LogP contribution in [0.25, 0.3) is 10.2 Å². The SMILES string of the molecule is Cc1sc2[nH]c(=O)c(C#N)c(O)c2c1I. The molecule has 0 atom stereocenters. The molecule has 2 aromatic rings. The number of hydrogen-bond acceptors (Lipinski definition) is 4. The Labute approximate surface area is 102 Å². The Balaban J connectivity index is 3.07.